The van der Waals surface area contributed by atoms with Gasteiger partial charge in [0, 0.05) is 12.1 Å². The lowest BCUT2D eigenvalue weighted by atomic mass is 10.2. The molecule has 1 aromatic carbocycles. The van der Waals surface area contributed by atoms with Crippen molar-refractivity contribution >= 4 is 15.7 Å². The zero-order chi connectivity index (χ0) is 14.0. The molecular formula is C13H20N2O3S. The van der Waals surface area contributed by atoms with Gasteiger partial charge in [0.15, 0.2) is 0 Å². The average Bonchev–Trinajstić information content (AvgIpc) is 3.11. The summed E-state index contributed by atoms with van der Waals surface area (Å²) in [6.07, 6.45) is 3.29. The van der Waals surface area contributed by atoms with Gasteiger partial charge in [-0.25, -0.2) is 13.1 Å². The zero-order valence-electron chi connectivity index (χ0n) is 11.2. The van der Waals surface area contributed by atoms with Gasteiger partial charge in [0.25, 0.3) is 0 Å². The standard InChI is InChI=1S/C13H20N2O3S/c1-9(7-10-3-4-10)15-19(16,17)13-6-5-11(18-2)8-12(13)14/h5-6,8-10,15H,3-4,7,14H2,1-2H3. The molecule has 2 rings (SSSR count). The van der Waals surface area contributed by atoms with Gasteiger partial charge >= 0.3 is 0 Å². The SMILES string of the molecule is COc1ccc(S(=O)(=O)NC(C)CC2CC2)c(N)c1. The fraction of sp³-hybridized carbons (Fsp3) is 0.538. The van der Waals surface area contributed by atoms with Crippen LogP contribution in [0.15, 0.2) is 23.1 Å². The molecule has 5 nitrogen and oxygen atoms in total. The topological polar surface area (TPSA) is 81.4 Å². The van der Waals surface area contributed by atoms with E-state index in [0.717, 1.165) is 6.42 Å². The van der Waals surface area contributed by atoms with E-state index in [1.165, 1.54) is 32.1 Å². The molecule has 0 aliphatic heterocycles. The number of hydrogen-bond donors (Lipinski definition) is 2. The van der Waals surface area contributed by atoms with Crippen molar-refractivity contribution in [2.45, 2.75) is 37.1 Å². The van der Waals surface area contributed by atoms with Gasteiger partial charge in [-0.1, -0.05) is 12.8 Å². The lowest BCUT2D eigenvalue weighted by molar-refractivity contribution is 0.414. The molecule has 1 fully saturated rings. The Bertz CT molecular complexity index is 553. The van der Waals surface area contributed by atoms with Crippen LogP contribution in [-0.4, -0.2) is 21.6 Å². The molecule has 0 aromatic heterocycles. The summed E-state index contributed by atoms with van der Waals surface area (Å²) < 4.78 is 32.1. The van der Waals surface area contributed by atoms with Crippen molar-refractivity contribution in [1.29, 1.82) is 0 Å². The minimum atomic E-state index is -3.56. The van der Waals surface area contributed by atoms with E-state index in [1.54, 1.807) is 6.07 Å². The molecule has 6 heteroatoms. The van der Waals surface area contributed by atoms with E-state index >= 15 is 0 Å². The summed E-state index contributed by atoms with van der Waals surface area (Å²) in [6, 6.07) is 4.51. The van der Waals surface area contributed by atoms with Crippen molar-refractivity contribution in [1.82, 2.24) is 4.72 Å². The van der Waals surface area contributed by atoms with Crippen LogP contribution in [0, 0.1) is 5.92 Å². The number of benzene rings is 1. The van der Waals surface area contributed by atoms with Gasteiger partial charge in [0.05, 0.1) is 12.8 Å². The predicted octanol–water partition coefficient (Wildman–Crippen LogP) is 1.74. The van der Waals surface area contributed by atoms with Crippen LogP contribution in [0.4, 0.5) is 5.69 Å². The maximum Gasteiger partial charge on any atom is 0.242 e. The van der Waals surface area contributed by atoms with Gasteiger partial charge < -0.3 is 10.5 Å². The first-order chi connectivity index (χ1) is 8.92. The molecule has 1 aromatic rings. The molecule has 19 heavy (non-hydrogen) atoms. The third-order valence-corrected chi connectivity index (χ3v) is 4.91. The van der Waals surface area contributed by atoms with Crippen LogP contribution in [0.25, 0.3) is 0 Å². The zero-order valence-corrected chi connectivity index (χ0v) is 12.0. The smallest absolute Gasteiger partial charge is 0.242 e. The Hall–Kier alpha value is -1.27. The summed E-state index contributed by atoms with van der Waals surface area (Å²) in [5, 5.41) is 0. The second-order valence-corrected chi connectivity index (χ2v) is 6.79. The van der Waals surface area contributed by atoms with Crippen LogP contribution in [0.3, 0.4) is 0 Å². The molecule has 106 valence electrons. The van der Waals surface area contributed by atoms with Crippen LogP contribution >= 0.6 is 0 Å². The number of methoxy groups -OCH3 is 1. The predicted molar refractivity (Wildman–Crippen MR) is 74.5 cm³/mol. The Labute approximate surface area is 114 Å². The Morgan fingerprint density at radius 2 is 2.16 bits per heavy atom. The van der Waals surface area contributed by atoms with Crippen molar-refractivity contribution < 1.29 is 13.2 Å². The van der Waals surface area contributed by atoms with Gasteiger partial charge in [-0.2, -0.15) is 0 Å². The van der Waals surface area contributed by atoms with Gasteiger partial charge in [-0.15, -0.1) is 0 Å². The van der Waals surface area contributed by atoms with Crippen molar-refractivity contribution in [3.63, 3.8) is 0 Å². The molecule has 0 amide bonds. The first kappa shape index (κ1) is 14.1. The van der Waals surface area contributed by atoms with Crippen LogP contribution < -0.4 is 15.2 Å². The number of ether oxygens (including phenoxy) is 1. The highest BCUT2D eigenvalue weighted by atomic mass is 32.2. The second kappa shape index (κ2) is 5.38. The van der Waals surface area contributed by atoms with Crippen LogP contribution in [0.1, 0.15) is 26.2 Å². The van der Waals surface area contributed by atoms with Gasteiger partial charge in [0.1, 0.15) is 10.6 Å². The molecular weight excluding hydrogens is 264 g/mol. The summed E-state index contributed by atoms with van der Waals surface area (Å²) in [6.45, 7) is 1.88. The maximum atomic E-state index is 12.2. The average molecular weight is 284 g/mol. The minimum absolute atomic E-state index is 0.0704. The van der Waals surface area contributed by atoms with Crippen LogP contribution in [0.2, 0.25) is 0 Å². The fourth-order valence-corrected chi connectivity index (χ4v) is 3.50. The van der Waals surface area contributed by atoms with Crippen molar-refractivity contribution in [3.05, 3.63) is 18.2 Å². The molecule has 0 radical (unpaired) electrons. The Kier molecular flexibility index (Phi) is 4.01. The monoisotopic (exact) mass is 284 g/mol. The van der Waals surface area contributed by atoms with Crippen molar-refractivity contribution in [3.8, 4) is 5.75 Å². The van der Waals surface area contributed by atoms with E-state index < -0.39 is 10.0 Å². The summed E-state index contributed by atoms with van der Waals surface area (Å²) in [7, 11) is -2.05. The van der Waals surface area contributed by atoms with Crippen molar-refractivity contribution in [2.75, 3.05) is 12.8 Å². The molecule has 1 saturated carbocycles. The first-order valence-electron chi connectivity index (χ1n) is 6.38. The number of nitrogens with one attached hydrogen (secondary N) is 1. The number of anilines is 1. The van der Waals surface area contributed by atoms with Crippen LogP contribution in [-0.2, 0) is 10.0 Å². The summed E-state index contributed by atoms with van der Waals surface area (Å²) in [4.78, 5) is 0.107. The molecule has 1 aliphatic carbocycles. The van der Waals surface area contributed by atoms with Crippen LogP contribution in [0.5, 0.6) is 5.75 Å². The summed E-state index contributed by atoms with van der Waals surface area (Å²) in [5.41, 5.74) is 5.97. The Balaban J connectivity index is 2.13. The van der Waals surface area contributed by atoms with E-state index in [2.05, 4.69) is 4.72 Å². The number of nitrogens with two attached hydrogens (primary N) is 1. The number of hydrogen-bond acceptors (Lipinski definition) is 4. The summed E-state index contributed by atoms with van der Waals surface area (Å²) >= 11 is 0. The highest BCUT2D eigenvalue weighted by molar-refractivity contribution is 7.89. The number of rotatable bonds is 6. The lowest BCUT2D eigenvalue weighted by Gasteiger charge is -2.15. The highest BCUT2D eigenvalue weighted by Crippen LogP contribution is 2.34. The Morgan fingerprint density at radius 1 is 1.47 bits per heavy atom. The molecule has 0 heterocycles. The summed E-state index contributed by atoms with van der Waals surface area (Å²) in [5.74, 6) is 1.22. The van der Waals surface area contributed by atoms with E-state index in [1.807, 2.05) is 6.92 Å². The van der Waals surface area contributed by atoms with E-state index in [4.69, 9.17) is 10.5 Å². The van der Waals surface area contributed by atoms with Gasteiger partial charge in [-0.3, -0.25) is 0 Å². The largest absolute Gasteiger partial charge is 0.497 e. The minimum Gasteiger partial charge on any atom is -0.497 e. The number of nitrogen functional groups attached to an aromatic ring is 1. The third kappa shape index (κ3) is 3.61. The molecule has 0 saturated heterocycles. The molecule has 0 bridgehead atoms. The van der Waals surface area contributed by atoms with Gasteiger partial charge in [-0.05, 0) is 31.4 Å². The quantitative estimate of drug-likeness (QED) is 0.780. The molecule has 1 unspecified atom stereocenters. The van der Waals surface area contributed by atoms with E-state index in [0.29, 0.717) is 11.7 Å². The normalized spacial score (nSPS) is 17.2. The number of sulfonamides is 1. The molecule has 0 spiro atoms. The third-order valence-electron chi connectivity index (χ3n) is 3.25. The van der Waals surface area contributed by atoms with E-state index in [-0.39, 0.29) is 16.6 Å². The maximum absolute atomic E-state index is 12.2. The molecule has 3 N–H and O–H groups in total. The van der Waals surface area contributed by atoms with Gasteiger partial charge in [0.2, 0.25) is 10.0 Å². The highest BCUT2D eigenvalue weighted by Gasteiger charge is 2.27. The van der Waals surface area contributed by atoms with E-state index in [9.17, 15) is 8.42 Å². The lowest BCUT2D eigenvalue weighted by Crippen LogP contribution is -2.33. The first-order valence-corrected chi connectivity index (χ1v) is 7.86. The molecule has 1 aliphatic rings. The Morgan fingerprint density at radius 3 is 2.68 bits per heavy atom. The molecule has 1 atom stereocenters. The van der Waals surface area contributed by atoms with Crippen molar-refractivity contribution in [2.24, 2.45) is 5.92 Å². The fourth-order valence-electron chi connectivity index (χ4n) is 2.13. The second-order valence-electron chi connectivity index (χ2n) is 5.11.